The first-order chi connectivity index (χ1) is 8.58. The maximum atomic E-state index is 14.0. The van der Waals surface area contributed by atoms with Crippen LogP contribution in [0.1, 0.15) is 37.5 Å². The highest BCUT2D eigenvalue weighted by Crippen LogP contribution is 2.37. The predicted octanol–water partition coefficient (Wildman–Crippen LogP) is 3.12. The minimum Gasteiger partial charge on any atom is -0.441 e. The lowest BCUT2D eigenvalue weighted by Gasteiger charge is -2.32. The van der Waals surface area contributed by atoms with E-state index in [0.717, 1.165) is 6.07 Å². The minimum atomic E-state index is -0.555. The third-order valence-corrected chi connectivity index (χ3v) is 2.88. The minimum absolute atomic E-state index is 0.229. The Morgan fingerprint density at radius 3 is 2.89 bits per heavy atom. The number of nitriles is 1. The van der Waals surface area contributed by atoms with E-state index in [1.807, 2.05) is 13.0 Å². The van der Waals surface area contributed by atoms with E-state index < -0.39 is 18.0 Å². The van der Waals surface area contributed by atoms with Crippen molar-refractivity contribution in [2.75, 3.05) is 11.4 Å². The van der Waals surface area contributed by atoms with Crippen LogP contribution in [0.25, 0.3) is 0 Å². The van der Waals surface area contributed by atoms with Crippen molar-refractivity contribution in [1.82, 2.24) is 0 Å². The van der Waals surface area contributed by atoms with Gasteiger partial charge in [-0.25, -0.2) is 9.18 Å². The first kappa shape index (κ1) is 12.4. The zero-order valence-electron chi connectivity index (χ0n) is 10.2. The summed E-state index contributed by atoms with van der Waals surface area (Å²) in [5.41, 5.74) is 1.01. The summed E-state index contributed by atoms with van der Waals surface area (Å²) in [5.74, 6) is -0.555. The summed E-state index contributed by atoms with van der Waals surface area (Å²) in [5, 5.41) is 8.83. The molecular formula is C13H13FN2O2. The van der Waals surface area contributed by atoms with Gasteiger partial charge in [-0.05, 0) is 25.5 Å². The molecule has 1 amide bonds. The largest absolute Gasteiger partial charge is 0.441 e. The number of anilines is 1. The topological polar surface area (TPSA) is 53.3 Å². The summed E-state index contributed by atoms with van der Waals surface area (Å²) in [4.78, 5) is 13.0. The van der Waals surface area contributed by atoms with Crippen molar-refractivity contribution in [3.63, 3.8) is 0 Å². The third-order valence-electron chi connectivity index (χ3n) is 2.88. The Kier molecular flexibility index (Phi) is 3.19. The van der Waals surface area contributed by atoms with Gasteiger partial charge in [0, 0.05) is 12.1 Å². The number of ether oxygens (including phenoxy) is 1. The summed E-state index contributed by atoms with van der Waals surface area (Å²) in [6.07, 6.45) is -0.383. The highest BCUT2D eigenvalue weighted by atomic mass is 19.1. The number of rotatable bonds is 2. The van der Waals surface area contributed by atoms with Crippen molar-refractivity contribution in [1.29, 1.82) is 5.26 Å². The lowest BCUT2D eigenvalue weighted by Crippen LogP contribution is -2.38. The number of nitrogens with zero attached hydrogens (tertiary/aromatic N) is 2. The van der Waals surface area contributed by atoms with Crippen LogP contribution in [0.3, 0.4) is 0 Å². The van der Waals surface area contributed by atoms with Crippen LogP contribution in [0.2, 0.25) is 0 Å². The molecule has 0 bridgehead atoms. The molecule has 1 aromatic carbocycles. The van der Waals surface area contributed by atoms with Crippen molar-refractivity contribution < 1.29 is 13.9 Å². The number of fused-ring (bicyclic) bond motifs is 1. The molecule has 0 aromatic heterocycles. The zero-order chi connectivity index (χ0) is 13.3. The Labute approximate surface area is 105 Å². The van der Waals surface area contributed by atoms with Gasteiger partial charge in [-0.3, -0.25) is 4.90 Å². The van der Waals surface area contributed by atoms with Crippen molar-refractivity contribution in [2.45, 2.75) is 26.4 Å². The van der Waals surface area contributed by atoms with Crippen molar-refractivity contribution in [3.05, 3.63) is 29.1 Å². The molecule has 0 saturated carbocycles. The van der Waals surface area contributed by atoms with Gasteiger partial charge in [0.05, 0.1) is 17.3 Å². The molecule has 1 aromatic rings. The fourth-order valence-corrected chi connectivity index (χ4v) is 2.08. The smallest absolute Gasteiger partial charge is 0.414 e. The lowest BCUT2D eigenvalue weighted by atomic mass is 10.0. The second kappa shape index (κ2) is 4.65. The molecule has 94 valence electrons. The highest BCUT2D eigenvalue weighted by molar-refractivity contribution is 5.91. The van der Waals surface area contributed by atoms with Gasteiger partial charge in [0.25, 0.3) is 0 Å². The van der Waals surface area contributed by atoms with Crippen LogP contribution in [-0.4, -0.2) is 12.6 Å². The van der Waals surface area contributed by atoms with Crippen LogP contribution in [-0.2, 0) is 4.74 Å². The van der Waals surface area contributed by atoms with Gasteiger partial charge in [0.1, 0.15) is 11.9 Å². The first-order valence-corrected chi connectivity index (χ1v) is 5.80. The Hall–Kier alpha value is -2.09. The zero-order valence-corrected chi connectivity index (χ0v) is 10.2. The molecule has 0 spiro atoms. The van der Waals surface area contributed by atoms with Crippen molar-refractivity contribution >= 4 is 11.8 Å². The van der Waals surface area contributed by atoms with E-state index in [9.17, 15) is 9.18 Å². The van der Waals surface area contributed by atoms with Crippen LogP contribution in [0, 0.1) is 17.1 Å². The Bertz CT molecular complexity index is 537. The quantitative estimate of drug-likeness (QED) is 0.808. The standard InChI is InChI=1S/C13H13FN2O2/c1-3-4-16-12-10(8(2)18-13(16)17)5-9(7-15)6-11(12)14/h5-6,8H,3-4H2,1-2H3. The fraction of sp³-hybridized carbons (Fsp3) is 0.385. The maximum absolute atomic E-state index is 14.0. The van der Waals surface area contributed by atoms with Gasteiger partial charge in [-0.2, -0.15) is 5.26 Å². The second-order valence-corrected chi connectivity index (χ2v) is 4.19. The number of halogens is 1. The van der Waals surface area contributed by atoms with Gasteiger partial charge in [0.15, 0.2) is 0 Å². The highest BCUT2D eigenvalue weighted by Gasteiger charge is 2.32. The molecule has 2 rings (SSSR count). The number of amides is 1. The molecule has 1 unspecified atom stereocenters. The molecule has 4 nitrogen and oxygen atoms in total. The molecule has 1 aliphatic heterocycles. The summed E-state index contributed by atoms with van der Waals surface area (Å²) >= 11 is 0. The van der Waals surface area contributed by atoms with E-state index in [4.69, 9.17) is 10.00 Å². The monoisotopic (exact) mass is 248 g/mol. The fourth-order valence-electron chi connectivity index (χ4n) is 2.08. The summed E-state index contributed by atoms with van der Waals surface area (Å²) < 4.78 is 19.2. The molecule has 1 heterocycles. The Morgan fingerprint density at radius 1 is 1.56 bits per heavy atom. The van der Waals surface area contributed by atoms with Crippen molar-refractivity contribution in [3.8, 4) is 6.07 Å². The molecular weight excluding hydrogens is 235 g/mol. The number of hydrogen-bond donors (Lipinski definition) is 0. The number of cyclic esters (lactones) is 1. The van der Waals surface area contributed by atoms with E-state index in [0.29, 0.717) is 18.5 Å². The molecule has 1 aliphatic rings. The molecule has 0 aliphatic carbocycles. The van der Waals surface area contributed by atoms with Gasteiger partial charge < -0.3 is 4.74 Å². The molecule has 5 heteroatoms. The van der Waals surface area contributed by atoms with Gasteiger partial charge in [0.2, 0.25) is 0 Å². The van der Waals surface area contributed by atoms with Crippen LogP contribution in [0.15, 0.2) is 12.1 Å². The van der Waals surface area contributed by atoms with E-state index in [-0.39, 0.29) is 11.3 Å². The van der Waals surface area contributed by atoms with Crippen LogP contribution in [0.5, 0.6) is 0 Å². The molecule has 0 radical (unpaired) electrons. The Balaban J connectivity index is 2.60. The predicted molar refractivity (Wildman–Crippen MR) is 63.6 cm³/mol. The molecule has 0 N–H and O–H groups in total. The summed E-state index contributed by atoms with van der Waals surface area (Å²) in [6.45, 7) is 3.95. The number of benzene rings is 1. The number of carbonyl (C=O) groups is 1. The number of hydrogen-bond acceptors (Lipinski definition) is 3. The van der Waals surface area contributed by atoms with Gasteiger partial charge >= 0.3 is 6.09 Å². The molecule has 1 atom stereocenters. The van der Waals surface area contributed by atoms with Gasteiger partial charge in [-0.15, -0.1) is 0 Å². The summed E-state index contributed by atoms with van der Waals surface area (Å²) in [6, 6.07) is 4.61. The lowest BCUT2D eigenvalue weighted by molar-refractivity contribution is 0.107. The number of carbonyl (C=O) groups excluding carboxylic acids is 1. The second-order valence-electron chi connectivity index (χ2n) is 4.19. The van der Waals surface area contributed by atoms with E-state index >= 15 is 0 Å². The van der Waals surface area contributed by atoms with Crippen LogP contribution in [0.4, 0.5) is 14.9 Å². The average molecular weight is 248 g/mol. The first-order valence-electron chi connectivity index (χ1n) is 5.80. The Morgan fingerprint density at radius 2 is 2.28 bits per heavy atom. The average Bonchev–Trinajstić information content (AvgIpc) is 2.34. The normalized spacial score (nSPS) is 18.0. The molecule has 0 fully saturated rings. The summed E-state index contributed by atoms with van der Waals surface area (Å²) in [7, 11) is 0. The van der Waals surface area contributed by atoms with E-state index in [1.54, 1.807) is 13.0 Å². The van der Waals surface area contributed by atoms with Crippen LogP contribution < -0.4 is 4.90 Å². The van der Waals surface area contributed by atoms with Crippen molar-refractivity contribution in [2.24, 2.45) is 0 Å². The SMILES string of the molecule is CCCN1C(=O)OC(C)c2cc(C#N)cc(F)c21. The third kappa shape index (κ3) is 1.90. The van der Waals surface area contributed by atoms with E-state index in [1.165, 1.54) is 4.90 Å². The maximum Gasteiger partial charge on any atom is 0.414 e. The van der Waals surface area contributed by atoms with E-state index in [2.05, 4.69) is 0 Å². The van der Waals surface area contributed by atoms with Crippen LogP contribution >= 0.6 is 0 Å². The molecule has 0 saturated heterocycles. The van der Waals surface area contributed by atoms with Gasteiger partial charge in [-0.1, -0.05) is 6.92 Å². The molecule has 18 heavy (non-hydrogen) atoms.